The van der Waals surface area contributed by atoms with E-state index >= 15 is 0 Å². The molecule has 2 aromatic carbocycles. The van der Waals surface area contributed by atoms with Crippen molar-refractivity contribution in [2.45, 2.75) is 45.2 Å². The van der Waals surface area contributed by atoms with Crippen LogP contribution in [0.2, 0.25) is 0 Å². The van der Waals surface area contributed by atoms with Crippen LogP contribution in [0, 0.1) is 11.6 Å². The summed E-state index contributed by atoms with van der Waals surface area (Å²) in [6.07, 6.45) is 0. The number of carbonyl (C=O) groups is 2. The van der Waals surface area contributed by atoms with Crippen molar-refractivity contribution in [3.63, 3.8) is 0 Å². The number of rotatable bonds is 9. The van der Waals surface area contributed by atoms with Crippen LogP contribution in [-0.4, -0.2) is 34.6 Å². The van der Waals surface area contributed by atoms with Crippen molar-refractivity contribution < 1.29 is 18.4 Å². The van der Waals surface area contributed by atoms with Gasteiger partial charge in [0.15, 0.2) is 0 Å². The molecular formula is C22H26F2N2O2S. The molecule has 0 spiro atoms. The van der Waals surface area contributed by atoms with Crippen LogP contribution in [0.15, 0.2) is 48.5 Å². The second kappa shape index (κ2) is 11.0. The average molecular weight is 421 g/mol. The van der Waals surface area contributed by atoms with E-state index in [2.05, 4.69) is 5.32 Å². The van der Waals surface area contributed by atoms with Gasteiger partial charge < -0.3 is 10.2 Å². The first-order valence-corrected chi connectivity index (χ1v) is 10.6. The monoisotopic (exact) mass is 420 g/mol. The maximum atomic E-state index is 13.8. The topological polar surface area (TPSA) is 49.4 Å². The lowest BCUT2D eigenvalue weighted by atomic mass is 10.1. The molecule has 7 heteroatoms. The van der Waals surface area contributed by atoms with Crippen LogP contribution in [0.5, 0.6) is 0 Å². The Bertz CT molecular complexity index is 828. The highest BCUT2D eigenvalue weighted by atomic mass is 32.2. The van der Waals surface area contributed by atoms with Crippen LogP contribution in [0.1, 0.15) is 31.9 Å². The lowest BCUT2D eigenvalue weighted by Gasteiger charge is -2.29. The molecule has 0 radical (unpaired) electrons. The van der Waals surface area contributed by atoms with Gasteiger partial charge in [-0.25, -0.2) is 8.78 Å². The zero-order valence-electron chi connectivity index (χ0n) is 16.8. The maximum absolute atomic E-state index is 13.8. The van der Waals surface area contributed by atoms with Gasteiger partial charge in [0.25, 0.3) is 0 Å². The molecule has 0 fully saturated rings. The predicted molar refractivity (Wildman–Crippen MR) is 112 cm³/mol. The predicted octanol–water partition coefficient (Wildman–Crippen LogP) is 4.14. The molecule has 2 rings (SSSR count). The Labute approximate surface area is 174 Å². The molecule has 0 saturated carbocycles. The van der Waals surface area contributed by atoms with Crippen molar-refractivity contribution in [3.05, 3.63) is 71.3 Å². The lowest BCUT2D eigenvalue weighted by Crippen LogP contribution is -2.49. The van der Waals surface area contributed by atoms with Gasteiger partial charge in [-0.15, -0.1) is 11.8 Å². The molecule has 0 aliphatic heterocycles. The second-order valence-electron chi connectivity index (χ2n) is 7.07. The van der Waals surface area contributed by atoms with E-state index in [1.807, 2.05) is 13.8 Å². The molecular weight excluding hydrogens is 394 g/mol. The number of carbonyl (C=O) groups excluding carboxylic acids is 2. The fourth-order valence-electron chi connectivity index (χ4n) is 2.72. The molecule has 1 N–H and O–H groups in total. The number of hydrogen-bond acceptors (Lipinski definition) is 3. The van der Waals surface area contributed by atoms with E-state index in [9.17, 15) is 18.4 Å². The molecule has 0 unspecified atom stereocenters. The molecule has 0 aliphatic carbocycles. The SMILES string of the molecule is CC(C)NC(=O)[C@@H](C)N(Cc1ccc(F)cc1)C(=O)CSCc1ccccc1F. The summed E-state index contributed by atoms with van der Waals surface area (Å²) in [6, 6.07) is 11.5. The molecule has 0 bridgehead atoms. The highest BCUT2D eigenvalue weighted by Gasteiger charge is 2.26. The van der Waals surface area contributed by atoms with Crippen LogP contribution in [0.3, 0.4) is 0 Å². The molecule has 0 saturated heterocycles. The zero-order valence-corrected chi connectivity index (χ0v) is 17.6. The van der Waals surface area contributed by atoms with E-state index < -0.39 is 6.04 Å². The summed E-state index contributed by atoms with van der Waals surface area (Å²) in [5.41, 5.74) is 1.25. The third-order valence-electron chi connectivity index (χ3n) is 4.31. The molecule has 0 aliphatic rings. The van der Waals surface area contributed by atoms with Gasteiger partial charge in [0, 0.05) is 18.3 Å². The van der Waals surface area contributed by atoms with Crippen LogP contribution in [0.4, 0.5) is 8.78 Å². The highest BCUT2D eigenvalue weighted by Crippen LogP contribution is 2.18. The Balaban J connectivity index is 2.07. The molecule has 4 nitrogen and oxygen atoms in total. The number of thioether (sulfide) groups is 1. The second-order valence-corrected chi connectivity index (χ2v) is 8.06. The summed E-state index contributed by atoms with van der Waals surface area (Å²) in [7, 11) is 0. The van der Waals surface area contributed by atoms with Crippen molar-refractivity contribution >= 4 is 23.6 Å². The smallest absolute Gasteiger partial charge is 0.242 e. The Morgan fingerprint density at radius 2 is 1.69 bits per heavy atom. The van der Waals surface area contributed by atoms with E-state index in [0.29, 0.717) is 11.3 Å². The van der Waals surface area contributed by atoms with E-state index in [1.165, 1.54) is 34.9 Å². The number of hydrogen-bond donors (Lipinski definition) is 1. The van der Waals surface area contributed by atoms with E-state index in [-0.39, 0.29) is 41.8 Å². The third kappa shape index (κ3) is 7.16. The average Bonchev–Trinajstić information content (AvgIpc) is 2.68. The number of amides is 2. The summed E-state index contributed by atoms with van der Waals surface area (Å²) < 4.78 is 27.0. The maximum Gasteiger partial charge on any atom is 0.242 e. The van der Waals surface area contributed by atoms with Crippen LogP contribution >= 0.6 is 11.8 Å². The fourth-order valence-corrected chi connectivity index (χ4v) is 3.62. The van der Waals surface area contributed by atoms with Gasteiger partial charge in [0.2, 0.25) is 11.8 Å². The minimum absolute atomic E-state index is 0.0526. The Hall–Kier alpha value is -2.41. The van der Waals surface area contributed by atoms with Gasteiger partial charge in [-0.3, -0.25) is 9.59 Å². The van der Waals surface area contributed by atoms with Crippen molar-refractivity contribution in [2.24, 2.45) is 0 Å². The van der Waals surface area contributed by atoms with Gasteiger partial charge in [-0.2, -0.15) is 0 Å². The number of benzene rings is 2. The molecule has 1 atom stereocenters. The minimum atomic E-state index is -0.691. The van der Waals surface area contributed by atoms with Crippen LogP contribution in [-0.2, 0) is 21.9 Å². The molecule has 156 valence electrons. The quantitative estimate of drug-likeness (QED) is 0.663. The van der Waals surface area contributed by atoms with E-state index in [0.717, 1.165) is 5.56 Å². The molecule has 0 aromatic heterocycles. The normalized spacial score (nSPS) is 11.9. The van der Waals surface area contributed by atoms with Crippen molar-refractivity contribution in [1.29, 1.82) is 0 Å². The molecule has 29 heavy (non-hydrogen) atoms. The van der Waals surface area contributed by atoms with Gasteiger partial charge in [0.05, 0.1) is 5.75 Å². The number of nitrogens with zero attached hydrogens (tertiary/aromatic N) is 1. The Kier molecular flexibility index (Phi) is 8.64. The third-order valence-corrected chi connectivity index (χ3v) is 5.27. The number of nitrogens with one attached hydrogen (secondary N) is 1. The van der Waals surface area contributed by atoms with Crippen LogP contribution < -0.4 is 5.32 Å². The van der Waals surface area contributed by atoms with Gasteiger partial charge in [-0.05, 0) is 50.1 Å². The number of halogens is 2. The van der Waals surface area contributed by atoms with Gasteiger partial charge in [-0.1, -0.05) is 30.3 Å². The fraction of sp³-hybridized carbons (Fsp3) is 0.364. The highest BCUT2D eigenvalue weighted by molar-refractivity contribution is 7.99. The molecule has 2 amide bonds. The van der Waals surface area contributed by atoms with Crippen molar-refractivity contribution in [3.8, 4) is 0 Å². The summed E-state index contributed by atoms with van der Waals surface area (Å²) >= 11 is 1.29. The molecule has 2 aromatic rings. The summed E-state index contributed by atoms with van der Waals surface area (Å²) in [4.78, 5) is 26.8. The van der Waals surface area contributed by atoms with Gasteiger partial charge in [0.1, 0.15) is 17.7 Å². The first-order chi connectivity index (χ1) is 13.8. The zero-order chi connectivity index (χ0) is 21.4. The molecule has 0 heterocycles. The minimum Gasteiger partial charge on any atom is -0.352 e. The van der Waals surface area contributed by atoms with Crippen LogP contribution in [0.25, 0.3) is 0 Å². The van der Waals surface area contributed by atoms with Crippen molar-refractivity contribution in [2.75, 3.05) is 5.75 Å². The first kappa shape index (κ1) is 22.9. The van der Waals surface area contributed by atoms with E-state index in [4.69, 9.17) is 0 Å². The van der Waals surface area contributed by atoms with E-state index in [1.54, 1.807) is 37.3 Å². The van der Waals surface area contributed by atoms with Gasteiger partial charge >= 0.3 is 0 Å². The summed E-state index contributed by atoms with van der Waals surface area (Å²) in [5, 5.41) is 2.81. The van der Waals surface area contributed by atoms with Crippen molar-refractivity contribution in [1.82, 2.24) is 10.2 Å². The first-order valence-electron chi connectivity index (χ1n) is 9.43. The largest absolute Gasteiger partial charge is 0.352 e. The Morgan fingerprint density at radius 1 is 1.03 bits per heavy atom. The lowest BCUT2D eigenvalue weighted by molar-refractivity contribution is -0.138. The summed E-state index contributed by atoms with van der Waals surface area (Å²) in [5.74, 6) is -0.695. The summed E-state index contributed by atoms with van der Waals surface area (Å²) in [6.45, 7) is 5.55. The Morgan fingerprint density at radius 3 is 2.31 bits per heavy atom. The standard InChI is InChI=1S/C22H26F2N2O2S/c1-15(2)25-22(28)16(3)26(12-17-8-10-19(23)11-9-17)21(27)14-29-13-18-6-4-5-7-20(18)24/h4-11,15-16H,12-14H2,1-3H3,(H,25,28)/t16-/m1/s1.